The van der Waals surface area contributed by atoms with E-state index in [4.69, 9.17) is 23.7 Å². The van der Waals surface area contributed by atoms with Crippen LogP contribution in [0.4, 0.5) is 13.2 Å². The van der Waals surface area contributed by atoms with Crippen LogP contribution in [0.5, 0.6) is 0 Å². The van der Waals surface area contributed by atoms with E-state index in [1.807, 2.05) is 0 Å². The van der Waals surface area contributed by atoms with E-state index in [-0.39, 0.29) is 5.57 Å². The number of esters is 2. The Morgan fingerprint density at radius 1 is 1.07 bits per heavy atom. The van der Waals surface area contributed by atoms with Crippen molar-refractivity contribution in [3.8, 4) is 0 Å². The predicted octanol–water partition coefficient (Wildman–Crippen LogP) is 2.26. The molecule has 0 aromatic heterocycles. The molecule has 10 heteroatoms. The second-order valence-corrected chi connectivity index (χ2v) is 6.67. The maximum Gasteiger partial charge on any atom is 0.416 e. The van der Waals surface area contributed by atoms with E-state index in [0.717, 1.165) is 12.1 Å². The Hall–Kier alpha value is -2.43. The maximum absolute atomic E-state index is 12.7. The highest BCUT2D eigenvalue weighted by Crippen LogP contribution is 2.44. The Balaban J connectivity index is 1.44. The van der Waals surface area contributed by atoms with Crippen molar-refractivity contribution in [1.82, 2.24) is 0 Å². The normalized spacial score (nSPS) is 33.9. The number of carbonyl (C=O) groups is 2. The first-order chi connectivity index (χ1) is 13.1. The molecular formula is C18H15F3O7. The third kappa shape index (κ3) is 3.17. The summed E-state index contributed by atoms with van der Waals surface area (Å²) in [6.45, 7) is 4.88. The Bertz CT molecular complexity index is 819. The quantitative estimate of drug-likeness (QED) is 0.569. The number of fused-ring (bicyclic) bond motifs is 3. The summed E-state index contributed by atoms with van der Waals surface area (Å²) in [5.41, 5.74) is -0.320. The Morgan fingerprint density at radius 2 is 1.75 bits per heavy atom. The molecule has 1 unspecified atom stereocenters. The molecule has 3 fully saturated rings. The number of alkyl halides is 3. The monoisotopic (exact) mass is 400 g/mol. The number of rotatable bonds is 3. The number of hydrogen-bond acceptors (Lipinski definition) is 7. The highest BCUT2D eigenvalue weighted by Gasteiger charge is 2.63. The number of halogens is 3. The van der Waals surface area contributed by atoms with Crippen molar-refractivity contribution in [2.24, 2.45) is 0 Å². The van der Waals surface area contributed by atoms with Gasteiger partial charge in [0, 0.05) is 11.1 Å². The van der Waals surface area contributed by atoms with Gasteiger partial charge in [-0.15, -0.1) is 0 Å². The molecule has 150 valence electrons. The SMILES string of the molecule is C=C(C)C(=O)O[C@@H]1C(=O)O[C@@H]2[C@H]3OC(c4ccc(C(F)(F)F)cc4)O[C@H]3O[C@@H]21. The third-order valence-corrected chi connectivity index (χ3v) is 4.62. The third-order valence-electron chi connectivity index (χ3n) is 4.62. The fraction of sp³-hybridized carbons (Fsp3) is 0.444. The average Bonchev–Trinajstić information content (AvgIpc) is 3.26. The van der Waals surface area contributed by atoms with Gasteiger partial charge in [-0.2, -0.15) is 13.2 Å². The van der Waals surface area contributed by atoms with Gasteiger partial charge in [0.15, 0.2) is 24.8 Å². The fourth-order valence-corrected chi connectivity index (χ4v) is 3.23. The summed E-state index contributed by atoms with van der Waals surface area (Å²) in [5, 5.41) is 0. The van der Waals surface area contributed by atoms with E-state index in [2.05, 4.69) is 6.58 Å². The van der Waals surface area contributed by atoms with Crippen LogP contribution in [-0.4, -0.2) is 42.6 Å². The van der Waals surface area contributed by atoms with E-state index < -0.39 is 60.7 Å². The molecule has 0 aliphatic carbocycles. The van der Waals surface area contributed by atoms with Crippen LogP contribution in [0.25, 0.3) is 0 Å². The summed E-state index contributed by atoms with van der Waals surface area (Å²) in [5.74, 6) is -1.53. The number of ether oxygens (including phenoxy) is 5. The van der Waals surface area contributed by atoms with Crippen LogP contribution in [0, 0.1) is 0 Å². The molecule has 0 N–H and O–H groups in total. The van der Waals surface area contributed by atoms with Crippen LogP contribution in [0.15, 0.2) is 36.4 Å². The minimum Gasteiger partial charge on any atom is -0.454 e. The van der Waals surface area contributed by atoms with E-state index in [0.29, 0.717) is 5.56 Å². The van der Waals surface area contributed by atoms with Gasteiger partial charge in [0.25, 0.3) is 0 Å². The zero-order chi connectivity index (χ0) is 20.2. The second-order valence-electron chi connectivity index (χ2n) is 6.67. The Kier molecular flexibility index (Phi) is 4.44. The largest absolute Gasteiger partial charge is 0.454 e. The highest BCUT2D eigenvalue weighted by molar-refractivity contribution is 5.90. The van der Waals surface area contributed by atoms with Crippen molar-refractivity contribution >= 4 is 11.9 Å². The molecule has 3 heterocycles. The molecule has 4 rings (SSSR count). The van der Waals surface area contributed by atoms with Crippen molar-refractivity contribution in [1.29, 1.82) is 0 Å². The first-order valence-corrected chi connectivity index (χ1v) is 8.35. The fourth-order valence-electron chi connectivity index (χ4n) is 3.23. The van der Waals surface area contributed by atoms with Crippen LogP contribution >= 0.6 is 0 Å². The molecule has 1 aromatic rings. The van der Waals surface area contributed by atoms with Crippen LogP contribution in [-0.2, 0) is 39.4 Å². The summed E-state index contributed by atoms with van der Waals surface area (Å²) in [6.07, 6.45) is -10.2. The van der Waals surface area contributed by atoms with Gasteiger partial charge < -0.3 is 23.7 Å². The van der Waals surface area contributed by atoms with Gasteiger partial charge in [-0.05, 0) is 19.1 Å². The number of carbonyl (C=O) groups excluding carboxylic acids is 2. The van der Waals surface area contributed by atoms with E-state index in [9.17, 15) is 22.8 Å². The molecule has 1 aromatic carbocycles. The summed E-state index contributed by atoms with van der Waals surface area (Å²) in [7, 11) is 0. The molecule has 0 radical (unpaired) electrons. The zero-order valence-electron chi connectivity index (χ0n) is 14.5. The molecule has 0 amide bonds. The summed E-state index contributed by atoms with van der Waals surface area (Å²) in [4.78, 5) is 23.7. The van der Waals surface area contributed by atoms with Gasteiger partial charge in [-0.1, -0.05) is 18.7 Å². The van der Waals surface area contributed by atoms with E-state index in [1.165, 1.54) is 19.1 Å². The Morgan fingerprint density at radius 3 is 2.36 bits per heavy atom. The predicted molar refractivity (Wildman–Crippen MR) is 83.4 cm³/mol. The smallest absolute Gasteiger partial charge is 0.416 e. The molecule has 0 saturated carbocycles. The second kappa shape index (κ2) is 6.57. The van der Waals surface area contributed by atoms with Gasteiger partial charge in [0.2, 0.25) is 6.10 Å². The molecule has 0 spiro atoms. The first-order valence-electron chi connectivity index (χ1n) is 8.35. The lowest BCUT2D eigenvalue weighted by Gasteiger charge is -2.18. The van der Waals surface area contributed by atoms with Crippen LogP contribution in [0.3, 0.4) is 0 Å². The Labute approximate surface area is 156 Å². The lowest BCUT2D eigenvalue weighted by Crippen LogP contribution is -2.36. The highest BCUT2D eigenvalue weighted by atomic mass is 19.4. The molecular weight excluding hydrogens is 385 g/mol. The molecule has 28 heavy (non-hydrogen) atoms. The molecule has 7 nitrogen and oxygen atoms in total. The summed E-state index contributed by atoms with van der Waals surface area (Å²) < 4.78 is 65.2. The van der Waals surface area contributed by atoms with E-state index >= 15 is 0 Å². The number of hydrogen-bond donors (Lipinski definition) is 0. The molecule has 3 aliphatic heterocycles. The minimum atomic E-state index is -4.45. The van der Waals surface area contributed by atoms with E-state index in [1.54, 1.807) is 0 Å². The molecule has 3 saturated heterocycles. The zero-order valence-corrected chi connectivity index (χ0v) is 14.5. The van der Waals surface area contributed by atoms with Crippen molar-refractivity contribution in [3.63, 3.8) is 0 Å². The molecule has 3 aliphatic rings. The topological polar surface area (TPSA) is 80.3 Å². The average molecular weight is 400 g/mol. The standard InChI is InChI=1S/C18H15F3O7/c1-7(2)14(22)25-12-10-11(24-15(12)23)13-17(26-10)28-16(27-13)8-3-5-9(6-4-8)18(19,20)21/h3-6,10-13,16-17H,1H2,2H3/t10-,11-,12-,13+,16?,17+/m0/s1. The van der Waals surface area contributed by atoms with Crippen molar-refractivity contribution in [3.05, 3.63) is 47.5 Å². The van der Waals surface area contributed by atoms with Crippen LogP contribution in [0.1, 0.15) is 24.3 Å². The van der Waals surface area contributed by atoms with Crippen molar-refractivity contribution in [2.45, 2.75) is 50.1 Å². The lowest BCUT2D eigenvalue weighted by molar-refractivity contribution is -0.182. The summed E-state index contributed by atoms with van der Waals surface area (Å²) in [6, 6.07) is 4.32. The van der Waals surface area contributed by atoms with Crippen LogP contribution in [0.2, 0.25) is 0 Å². The van der Waals surface area contributed by atoms with Gasteiger partial charge >= 0.3 is 18.1 Å². The van der Waals surface area contributed by atoms with Gasteiger partial charge in [-0.3, -0.25) is 0 Å². The number of benzene rings is 1. The maximum atomic E-state index is 12.7. The lowest BCUT2D eigenvalue weighted by atomic mass is 10.1. The van der Waals surface area contributed by atoms with Gasteiger partial charge in [0.1, 0.15) is 6.10 Å². The summed E-state index contributed by atoms with van der Waals surface area (Å²) >= 11 is 0. The molecule has 0 bridgehead atoms. The first kappa shape index (κ1) is 18.9. The van der Waals surface area contributed by atoms with Crippen molar-refractivity contribution < 1.29 is 46.4 Å². The minimum absolute atomic E-state index is 0.115. The van der Waals surface area contributed by atoms with Gasteiger partial charge in [0.05, 0.1) is 5.56 Å². The van der Waals surface area contributed by atoms with Crippen LogP contribution < -0.4 is 0 Å². The van der Waals surface area contributed by atoms with Gasteiger partial charge in [-0.25, -0.2) is 9.59 Å². The van der Waals surface area contributed by atoms with Crippen molar-refractivity contribution in [2.75, 3.05) is 0 Å². The molecule has 6 atom stereocenters.